The summed E-state index contributed by atoms with van der Waals surface area (Å²) in [6, 6.07) is 12.9. The average molecular weight is 424 g/mol. The third-order valence-corrected chi connectivity index (χ3v) is 5.70. The standard InChI is InChI=1S/C22H20N2O5S/c1-26-15-6-5-12-7-13-8-19(30-22(13)24-16(12)11-15)21(25)23-14-9-17(27-2)20(29-4)18(10-14)28-3/h5-11H,1-4H3,(H,23,25). The Hall–Kier alpha value is -3.52. The second kappa shape index (κ2) is 8.08. The zero-order chi connectivity index (χ0) is 21.3. The van der Waals surface area contributed by atoms with E-state index in [1.807, 2.05) is 30.3 Å². The average Bonchev–Trinajstić information content (AvgIpc) is 3.19. The lowest BCUT2D eigenvalue weighted by molar-refractivity contribution is 0.103. The molecule has 0 bridgehead atoms. The minimum Gasteiger partial charge on any atom is -0.497 e. The Balaban J connectivity index is 1.67. The van der Waals surface area contributed by atoms with Crippen LogP contribution in [0, 0.1) is 0 Å². The van der Waals surface area contributed by atoms with Gasteiger partial charge >= 0.3 is 0 Å². The van der Waals surface area contributed by atoms with Gasteiger partial charge in [0.25, 0.3) is 5.91 Å². The molecule has 1 amide bonds. The van der Waals surface area contributed by atoms with Crippen LogP contribution < -0.4 is 24.3 Å². The van der Waals surface area contributed by atoms with Gasteiger partial charge in [-0.2, -0.15) is 0 Å². The van der Waals surface area contributed by atoms with E-state index in [1.165, 1.54) is 32.7 Å². The Morgan fingerprint density at radius 1 is 0.867 bits per heavy atom. The summed E-state index contributed by atoms with van der Waals surface area (Å²) in [6.07, 6.45) is 0. The maximum absolute atomic E-state index is 12.9. The molecule has 0 saturated heterocycles. The van der Waals surface area contributed by atoms with E-state index in [1.54, 1.807) is 19.2 Å². The highest BCUT2D eigenvalue weighted by molar-refractivity contribution is 7.20. The molecule has 7 nitrogen and oxygen atoms in total. The largest absolute Gasteiger partial charge is 0.497 e. The quantitative estimate of drug-likeness (QED) is 0.482. The Morgan fingerprint density at radius 2 is 1.60 bits per heavy atom. The van der Waals surface area contributed by atoms with E-state index >= 15 is 0 Å². The van der Waals surface area contributed by atoms with Crippen molar-refractivity contribution in [1.82, 2.24) is 4.98 Å². The van der Waals surface area contributed by atoms with E-state index < -0.39 is 0 Å². The smallest absolute Gasteiger partial charge is 0.265 e. The molecule has 8 heteroatoms. The summed E-state index contributed by atoms with van der Waals surface area (Å²) < 4.78 is 21.3. The first kappa shape index (κ1) is 19.8. The Bertz CT molecular complexity index is 1230. The number of methoxy groups -OCH3 is 4. The van der Waals surface area contributed by atoms with Gasteiger partial charge in [0.2, 0.25) is 5.75 Å². The fourth-order valence-electron chi connectivity index (χ4n) is 3.19. The van der Waals surface area contributed by atoms with Crippen molar-refractivity contribution in [3.05, 3.63) is 47.3 Å². The Morgan fingerprint density at radius 3 is 2.23 bits per heavy atom. The minimum absolute atomic E-state index is 0.242. The van der Waals surface area contributed by atoms with Gasteiger partial charge in [0.05, 0.1) is 38.8 Å². The molecule has 0 spiro atoms. The number of nitrogens with one attached hydrogen (secondary N) is 1. The maximum atomic E-state index is 12.9. The molecule has 2 aromatic heterocycles. The van der Waals surface area contributed by atoms with Gasteiger partial charge in [0.15, 0.2) is 11.5 Å². The second-order valence-corrected chi connectivity index (χ2v) is 7.45. The molecule has 4 rings (SSSR count). The van der Waals surface area contributed by atoms with Crippen LogP contribution in [0.2, 0.25) is 0 Å². The van der Waals surface area contributed by atoms with E-state index in [4.69, 9.17) is 18.9 Å². The van der Waals surface area contributed by atoms with Gasteiger partial charge in [-0.1, -0.05) is 0 Å². The number of thiophene rings is 1. The first-order valence-corrected chi connectivity index (χ1v) is 9.87. The van der Waals surface area contributed by atoms with Crippen molar-refractivity contribution in [2.24, 2.45) is 0 Å². The number of aromatic nitrogens is 1. The zero-order valence-electron chi connectivity index (χ0n) is 16.9. The number of pyridine rings is 1. The molecule has 2 heterocycles. The van der Waals surface area contributed by atoms with Gasteiger partial charge in [0, 0.05) is 34.7 Å². The summed E-state index contributed by atoms with van der Waals surface area (Å²) in [6.45, 7) is 0. The number of hydrogen-bond acceptors (Lipinski definition) is 7. The maximum Gasteiger partial charge on any atom is 0.265 e. The number of carbonyl (C=O) groups is 1. The number of ether oxygens (including phenoxy) is 4. The molecular formula is C22H20N2O5S. The highest BCUT2D eigenvalue weighted by atomic mass is 32.1. The van der Waals surface area contributed by atoms with Crippen LogP contribution >= 0.6 is 11.3 Å². The molecule has 0 unspecified atom stereocenters. The Labute approximate surface area is 177 Å². The highest BCUT2D eigenvalue weighted by Crippen LogP contribution is 2.40. The van der Waals surface area contributed by atoms with Crippen LogP contribution in [0.3, 0.4) is 0 Å². The molecule has 0 aliphatic rings. The third-order valence-electron chi connectivity index (χ3n) is 4.66. The van der Waals surface area contributed by atoms with Crippen molar-refractivity contribution >= 4 is 44.1 Å². The highest BCUT2D eigenvalue weighted by Gasteiger charge is 2.17. The zero-order valence-corrected chi connectivity index (χ0v) is 17.8. The topological polar surface area (TPSA) is 78.9 Å². The summed E-state index contributed by atoms with van der Waals surface area (Å²) in [5.41, 5.74) is 1.36. The van der Waals surface area contributed by atoms with Crippen LogP contribution in [0.5, 0.6) is 23.0 Å². The number of carbonyl (C=O) groups excluding carboxylic acids is 1. The molecule has 1 N–H and O–H groups in total. The number of amides is 1. The summed E-state index contributed by atoms with van der Waals surface area (Å²) in [4.78, 5) is 18.9. The number of rotatable bonds is 6. The Kier molecular flexibility index (Phi) is 5.33. The molecule has 0 fully saturated rings. The molecule has 0 saturated carbocycles. The van der Waals surface area contributed by atoms with Gasteiger partial charge in [0.1, 0.15) is 10.6 Å². The number of anilines is 1. The molecule has 0 radical (unpaired) electrons. The molecule has 0 aliphatic heterocycles. The van der Waals surface area contributed by atoms with Gasteiger partial charge in [-0.05, 0) is 24.3 Å². The number of fused-ring (bicyclic) bond motifs is 2. The summed E-state index contributed by atoms with van der Waals surface area (Å²) in [5, 5.41) is 4.78. The monoisotopic (exact) mass is 424 g/mol. The summed E-state index contributed by atoms with van der Waals surface area (Å²) in [7, 11) is 6.21. The van der Waals surface area contributed by atoms with Gasteiger partial charge < -0.3 is 24.3 Å². The summed E-state index contributed by atoms with van der Waals surface area (Å²) in [5.74, 6) is 1.89. The molecular weight excluding hydrogens is 404 g/mol. The van der Waals surface area contributed by atoms with E-state index in [2.05, 4.69) is 10.3 Å². The first-order valence-electron chi connectivity index (χ1n) is 9.06. The molecule has 2 aromatic carbocycles. The van der Waals surface area contributed by atoms with Crippen molar-refractivity contribution in [3.63, 3.8) is 0 Å². The molecule has 30 heavy (non-hydrogen) atoms. The van der Waals surface area contributed by atoms with Crippen LogP contribution in [0.1, 0.15) is 9.67 Å². The van der Waals surface area contributed by atoms with Crippen LogP contribution in [-0.4, -0.2) is 39.3 Å². The van der Waals surface area contributed by atoms with E-state index in [0.717, 1.165) is 26.9 Å². The third kappa shape index (κ3) is 3.57. The minimum atomic E-state index is -0.242. The number of benzene rings is 2. The van der Waals surface area contributed by atoms with Crippen LogP contribution in [0.15, 0.2) is 42.5 Å². The number of hydrogen-bond donors (Lipinski definition) is 1. The van der Waals surface area contributed by atoms with Crippen LogP contribution in [-0.2, 0) is 0 Å². The van der Waals surface area contributed by atoms with Crippen molar-refractivity contribution < 1.29 is 23.7 Å². The van der Waals surface area contributed by atoms with Crippen molar-refractivity contribution in [2.75, 3.05) is 33.8 Å². The lowest BCUT2D eigenvalue weighted by Crippen LogP contribution is -2.10. The first-order chi connectivity index (χ1) is 14.6. The van der Waals surface area contributed by atoms with Gasteiger partial charge in [-0.15, -0.1) is 11.3 Å². The molecule has 0 atom stereocenters. The van der Waals surface area contributed by atoms with E-state index in [0.29, 0.717) is 27.8 Å². The van der Waals surface area contributed by atoms with Crippen molar-refractivity contribution in [3.8, 4) is 23.0 Å². The lowest BCUT2D eigenvalue weighted by Gasteiger charge is -2.14. The predicted octanol–water partition coefficient (Wildman–Crippen LogP) is 4.74. The normalized spacial score (nSPS) is 10.8. The van der Waals surface area contributed by atoms with E-state index in [-0.39, 0.29) is 5.91 Å². The molecule has 0 aliphatic carbocycles. The van der Waals surface area contributed by atoms with Crippen molar-refractivity contribution in [1.29, 1.82) is 0 Å². The molecule has 154 valence electrons. The second-order valence-electron chi connectivity index (χ2n) is 6.42. The fraction of sp³-hybridized carbons (Fsp3) is 0.182. The van der Waals surface area contributed by atoms with Gasteiger partial charge in [-0.3, -0.25) is 4.79 Å². The fourth-order valence-corrected chi connectivity index (χ4v) is 4.11. The van der Waals surface area contributed by atoms with Crippen LogP contribution in [0.4, 0.5) is 5.69 Å². The SMILES string of the molecule is COc1ccc2cc3cc(C(=O)Nc4cc(OC)c(OC)c(OC)c4)sc3nc2c1. The van der Waals surface area contributed by atoms with E-state index in [9.17, 15) is 4.79 Å². The van der Waals surface area contributed by atoms with Crippen LogP contribution in [0.25, 0.3) is 21.1 Å². The van der Waals surface area contributed by atoms with Crippen molar-refractivity contribution in [2.45, 2.75) is 0 Å². The predicted molar refractivity (Wildman–Crippen MR) is 118 cm³/mol. The number of nitrogens with zero attached hydrogens (tertiary/aromatic N) is 1. The van der Waals surface area contributed by atoms with Gasteiger partial charge in [-0.25, -0.2) is 4.98 Å². The lowest BCUT2D eigenvalue weighted by atomic mass is 10.2. The molecule has 4 aromatic rings. The summed E-state index contributed by atoms with van der Waals surface area (Å²) >= 11 is 1.33.